The monoisotopic (exact) mass is 243 g/mol. The van der Waals surface area contributed by atoms with Crippen molar-refractivity contribution in [2.24, 2.45) is 16.6 Å². The van der Waals surface area contributed by atoms with E-state index in [1.54, 1.807) is 0 Å². The van der Waals surface area contributed by atoms with Crippen LogP contribution in [0.5, 0.6) is 0 Å². The number of guanidine groups is 1. The molecule has 3 heteroatoms. The Morgan fingerprint density at radius 2 is 2.11 bits per heavy atom. The summed E-state index contributed by atoms with van der Waals surface area (Å²) < 4.78 is 0. The van der Waals surface area contributed by atoms with E-state index >= 15 is 0 Å². The van der Waals surface area contributed by atoms with E-state index in [0.29, 0.717) is 6.04 Å². The molecule has 18 heavy (non-hydrogen) atoms. The molecule has 0 saturated heterocycles. The summed E-state index contributed by atoms with van der Waals surface area (Å²) in [5.74, 6) is 1.57. The van der Waals surface area contributed by atoms with Gasteiger partial charge in [-0.25, -0.2) is 0 Å². The molecule has 1 atom stereocenters. The first kappa shape index (κ1) is 11.6. The topological polar surface area (TPSA) is 41.6 Å². The zero-order chi connectivity index (χ0) is 12.7. The van der Waals surface area contributed by atoms with Gasteiger partial charge in [0.25, 0.3) is 0 Å². The van der Waals surface area contributed by atoms with Gasteiger partial charge in [-0.2, -0.15) is 0 Å². The molecule has 1 aromatic rings. The van der Waals surface area contributed by atoms with Gasteiger partial charge in [0, 0.05) is 6.54 Å². The predicted octanol–water partition coefficient (Wildman–Crippen LogP) is 2.38. The van der Waals surface area contributed by atoms with E-state index < -0.39 is 0 Å². The van der Waals surface area contributed by atoms with Crippen LogP contribution in [0.2, 0.25) is 0 Å². The van der Waals surface area contributed by atoms with E-state index in [0.717, 1.165) is 25.0 Å². The average molecular weight is 243 g/mol. The molecule has 0 radical (unpaired) electrons. The van der Waals surface area contributed by atoms with Crippen LogP contribution in [0.4, 0.5) is 0 Å². The molecule has 1 aliphatic carbocycles. The van der Waals surface area contributed by atoms with Crippen molar-refractivity contribution in [3.63, 3.8) is 0 Å². The normalized spacial score (nSPS) is 23.3. The first-order chi connectivity index (χ1) is 8.66. The maximum absolute atomic E-state index is 6.05. The van der Waals surface area contributed by atoms with Gasteiger partial charge in [0.15, 0.2) is 5.96 Å². The van der Waals surface area contributed by atoms with Crippen molar-refractivity contribution in [3.05, 3.63) is 34.9 Å². The highest BCUT2D eigenvalue weighted by atomic mass is 15.3. The minimum absolute atomic E-state index is 0.352. The minimum atomic E-state index is 0.352. The number of nitrogens with zero attached hydrogens (tertiary/aromatic N) is 2. The predicted molar refractivity (Wildman–Crippen MR) is 74.6 cm³/mol. The van der Waals surface area contributed by atoms with Crippen molar-refractivity contribution >= 4 is 5.96 Å². The van der Waals surface area contributed by atoms with Crippen molar-refractivity contribution in [1.82, 2.24) is 4.90 Å². The molecule has 1 unspecified atom stereocenters. The Morgan fingerprint density at radius 1 is 1.33 bits per heavy atom. The second-order valence-electron chi connectivity index (χ2n) is 5.60. The molecule has 3 nitrogen and oxygen atoms in total. The van der Waals surface area contributed by atoms with Gasteiger partial charge in [-0.05, 0) is 49.3 Å². The SMILES string of the molecule is Cc1cccc(C2CN=C(N)N2CC2CC2)c1C. The van der Waals surface area contributed by atoms with Crippen molar-refractivity contribution < 1.29 is 0 Å². The van der Waals surface area contributed by atoms with Gasteiger partial charge in [0.1, 0.15) is 0 Å². The van der Waals surface area contributed by atoms with Gasteiger partial charge < -0.3 is 10.6 Å². The van der Waals surface area contributed by atoms with Crippen LogP contribution >= 0.6 is 0 Å². The van der Waals surface area contributed by atoms with Crippen molar-refractivity contribution in [2.75, 3.05) is 13.1 Å². The third-order valence-electron chi connectivity index (χ3n) is 4.25. The molecule has 2 N–H and O–H groups in total. The molecule has 0 bridgehead atoms. The molecule has 0 aromatic heterocycles. The molecular formula is C15H21N3. The van der Waals surface area contributed by atoms with Crippen LogP contribution < -0.4 is 5.73 Å². The van der Waals surface area contributed by atoms with Gasteiger partial charge in [-0.3, -0.25) is 4.99 Å². The number of nitrogens with two attached hydrogens (primary N) is 1. The smallest absolute Gasteiger partial charge is 0.191 e. The van der Waals surface area contributed by atoms with Crippen molar-refractivity contribution in [2.45, 2.75) is 32.7 Å². The fraction of sp³-hybridized carbons (Fsp3) is 0.533. The van der Waals surface area contributed by atoms with E-state index in [1.807, 2.05) is 0 Å². The highest BCUT2D eigenvalue weighted by Gasteiger charge is 2.33. The lowest BCUT2D eigenvalue weighted by molar-refractivity contribution is 0.332. The van der Waals surface area contributed by atoms with E-state index in [1.165, 1.54) is 29.5 Å². The Labute approximate surface area is 109 Å². The quantitative estimate of drug-likeness (QED) is 0.885. The van der Waals surface area contributed by atoms with Crippen LogP contribution in [0, 0.1) is 19.8 Å². The lowest BCUT2D eigenvalue weighted by Gasteiger charge is -2.28. The lowest BCUT2D eigenvalue weighted by atomic mass is 9.97. The zero-order valence-electron chi connectivity index (χ0n) is 11.2. The van der Waals surface area contributed by atoms with Crippen molar-refractivity contribution in [3.8, 4) is 0 Å². The summed E-state index contributed by atoms with van der Waals surface area (Å²) in [6.07, 6.45) is 2.70. The molecule has 3 rings (SSSR count). The first-order valence-electron chi connectivity index (χ1n) is 6.79. The summed E-state index contributed by atoms with van der Waals surface area (Å²) in [4.78, 5) is 6.75. The van der Waals surface area contributed by atoms with Gasteiger partial charge in [0.05, 0.1) is 12.6 Å². The van der Waals surface area contributed by atoms with Crippen LogP contribution in [0.3, 0.4) is 0 Å². The third kappa shape index (κ3) is 1.98. The Bertz CT molecular complexity index is 489. The minimum Gasteiger partial charge on any atom is -0.370 e. The van der Waals surface area contributed by atoms with Crippen LogP contribution in [0.25, 0.3) is 0 Å². The number of aliphatic imine (C=N–C) groups is 1. The summed E-state index contributed by atoms with van der Waals surface area (Å²) in [5.41, 5.74) is 10.2. The van der Waals surface area contributed by atoms with E-state index in [9.17, 15) is 0 Å². The Hall–Kier alpha value is -1.51. The molecule has 1 fully saturated rings. The second kappa shape index (κ2) is 4.30. The fourth-order valence-corrected chi connectivity index (χ4v) is 2.73. The molecule has 0 spiro atoms. The highest BCUT2D eigenvalue weighted by molar-refractivity contribution is 5.80. The van der Waals surface area contributed by atoms with Gasteiger partial charge in [-0.15, -0.1) is 0 Å². The summed E-state index contributed by atoms with van der Waals surface area (Å²) in [5, 5.41) is 0. The number of benzene rings is 1. The molecule has 2 aliphatic rings. The Kier molecular flexibility index (Phi) is 2.77. The first-order valence-corrected chi connectivity index (χ1v) is 6.79. The summed E-state index contributed by atoms with van der Waals surface area (Å²) >= 11 is 0. The maximum Gasteiger partial charge on any atom is 0.191 e. The third-order valence-corrected chi connectivity index (χ3v) is 4.25. The summed E-state index contributed by atoms with van der Waals surface area (Å²) in [7, 11) is 0. The lowest BCUT2D eigenvalue weighted by Crippen LogP contribution is -2.37. The number of aryl methyl sites for hydroxylation is 1. The van der Waals surface area contributed by atoms with Crippen LogP contribution in [-0.2, 0) is 0 Å². The standard InChI is InChI=1S/C15H21N3/c1-10-4-3-5-13(11(10)2)14-8-17-15(16)18(14)9-12-6-7-12/h3-5,12,14H,6-9H2,1-2H3,(H2,16,17). The molecule has 1 aliphatic heterocycles. The van der Waals surface area contributed by atoms with Gasteiger partial charge in [-0.1, -0.05) is 18.2 Å². The molecule has 96 valence electrons. The van der Waals surface area contributed by atoms with E-state index in [4.69, 9.17) is 5.73 Å². The maximum atomic E-state index is 6.05. The molecule has 1 aromatic carbocycles. The van der Waals surface area contributed by atoms with E-state index in [-0.39, 0.29) is 0 Å². The van der Waals surface area contributed by atoms with Crippen LogP contribution in [0.1, 0.15) is 35.6 Å². The fourth-order valence-electron chi connectivity index (χ4n) is 2.73. The van der Waals surface area contributed by atoms with Crippen LogP contribution in [-0.4, -0.2) is 23.9 Å². The molecular weight excluding hydrogens is 222 g/mol. The highest BCUT2D eigenvalue weighted by Crippen LogP contribution is 2.35. The van der Waals surface area contributed by atoms with Gasteiger partial charge in [0.2, 0.25) is 0 Å². The van der Waals surface area contributed by atoms with Gasteiger partial charge >= 0.3 is 0 Å². The average Bonchev–Trinajstić information content (AvgIpc) is 3.09. The number of hydrogen-bond donors (Lipinski definition) is 1. The van der Waals surface area contributed by atoms with Crippen LogP contribution in [0.15, 0.2) is 23.2 Å². The summed E-state index contributed by atoms with van der Waals surface area (Å²) in [6.45, 7) is 6.26. The largest absolute Gasteiger partial charge is 0.370 e. The van der Waals surface area contributed by atoms with E-state index in [2.05, 4.69) is 41.9 Å². The molecule has 0 amide bonds. The Morgan fingerprint density at radius 3 is 2.83 bits per heavy atom. The molecule has 1 saturated carbocycles. The number of rotatable bonds is 3. The number of hydrogen-bond acceptors (Lipinski definition) is 3. The Balaban J connectivity index is 1.88. The molecule has 1 heterocycles. The zero-order valence-corrected chi connectivity index (χ0v) is 11.2. The van der Waals surface area contributed by atoms with Crippen molar-refractivity contribution in [1.29, 1.82) is 0 Å². The summed E-state index contributed by atoms with van der Waals surface area (Å²) in [6, 6.07) is 6.89. The second-order valence-corrected chi connectivity index (χ2v) is 5.60.